The van der Waals surface area contributed by atoms with Gasteiger partial charge in [-0.2, -0.15) is 0 Å². The Morgan fingerprint density at radius 3 is 1.66 bits per heavy atom. The maximum atomic E-state index is 12.1. The first kappa shape index (κ1) is 20.6. The number of hydrogen-bond acceptors (Lipinski definition) is 7. The van der Waals surface area contributed by atoms with Crippen LogP contribution in [-0.4, -0.2) is 19.8 Å². The van der Waals surface area contributed by atoms with Gasteiger partial charge in [0.15, 0.2) is 5.69 Å². The fraction of sp³-hybridized carbons (Fsp3) is 0.0952. The molecule has 4 aromatic rings. The van der Waals surface area contributed by atoms with E-state index in [9.17, 15) is 25.0 Å². The molecule has 0 amide bonds. The van der Waals surface area contributed by atoms with E-state index in [1.165, 1.54) is 0 Å². The van der Waals surface area contributed by atoms with Gasteiger partial charge in [-0.05, 0) is 11.1 Å². The summed E-state index contributed by atoms with van der Waals surface area (Å²) in [6, 6.07) is 18.1. The van der Waals surface area contributed by atoms with E-state index >= 15 is 0 Å². The van der Waals surface area contributed by atoms with Gasteiger partial charge in [-0.1, -0.05) is 60.7 Å². The van der Waals surface area contributed by atoms with Crippen molar-refractivity contribution in [2.45, 2.75) is 13.1 Å². The summed E-state index contributed by atoms with van der Waals surface area (Å²) in [7, 11) is 0. The van der Waals surface area contributed by atoms with Crippen molar-refractivity contribution in [3.8, 4) is 0 Å². The molecule has 11 nitrogen and oxygen atoms in total. The number of imidazole rings is 1. The molecule has 0 unspecified atom stereocenters. The van der Waals surface area contributed by atoms with E-state index in [0.29, 0.717) is 0 Å². The lowest BCUT2D eigenvalue weighted by molar-refractivity contribution is -0.390. The van der Waals surface area contributed by atoms with Crippen molar-refractivity contribution in [2.75, 3.05) is 10.6 Å². The Hall–Kier alpha value is -4.67. The van der Waals surface area contributed by atoms with Gasteiger partial charge in [-0.3, -0.25) is 25.2 Å². The van der Waals surface area contributed by atoms with E-state index in [4.69, 9.17) is 0 Å². The van der Waals surface area contributed by atoms with Crippen LogP contribution in [0.2, 0.25) is 0 Å². The Morgan fingerprint density at radius 1 is 0.688 bits per heavy atom. The molecule has 3 aromatic carbocycles. The van der Waals surface area contributed by atoms with E-state index in [0.717, 1.165) is 11.1 Å². The Morgan fingerprint density at radius 2 is 1.16 bits per heavy atom. The number of H-pyrrole nitrogens is 2. The molecule has 0 saturated heterocycles. The maximum absolute atomic E-state index is 12.1. The van der Waals surface area contributed by atoms with E-state index in [2.05, 4.69) is 20.6 Å². The lowest BCUT2D eigenvalue weighted by atomic mass is 10.1. The molecule has 4 N–H and O–H groups in total. The van der Waals surface area contributed by atoms with Crippen LogP contribution in [0.15, 0.2) is 65.5 Å². The molecule has 0 spiro atoms. The molecule has 0 bridgehead atoms. The molecule has 162 valence electrons. The van der Waals surface area contributed by atoms with Crippen LogP contribution in [0.5, 0.6) is 0 Å². The van der Waals surface area contributed by atoms with E-state index in [1.54, 1.807) is 24.3 Å². The van der Waals surface area contributed by atoms with Gasteiger partial charge in [0.05, 0.1) is 9.85 Å². The number of aromatic nitrogens is 2. The Kier molecular flexibility index (Phi) is 5.53. The molecule has 4 rings (SSSR count). The minimum atomic E-state index is -0.743. The zero-order valence-corrected chi connectivity index (χ0v) is 16.6. The molecular formula is C21H18N6O5. The fourth-order valence-corrected chi connectivity index (χ4v) is 3.51. The smallest absolute Gasteiger partial charge is 0.325 e. The van der Waals surface area contributed by atoms with Crippen LogP contribution in [0.3, 0.4) is 0 Å². The van der Waals surface area contributed by atoms with Crippen molar-refractivity contribution in [2.24, 2.45) is 0 Å². The van der Waals surface area contributed by atoms with Crippen molar-refractivity contribution in [3.05, 3.63) is 103 Å². The highest BCUT2D eigenvalue weighted by atomic mass is 16.6. The van der Waals surface area contributed by atoms with E-state index in [-0.39, 0.29) is 35.5 Å². The number of hydrogen-bond donors (Lipinski definition) is 4. The average Bonchev–Trinajstić information content (AvgIpc) is 3.17. The van der Waals surface area contributed by atoms with Crippen LogP contribution < -0.4 is 16.3 Å². The zero-order valence-electron chi connectivity index (χ0n) is 16.6. The lowest BCUT2D eigenvalue weighted by Crippen LogP contribution is -2.10. The van der Waals surface area contributed by atoms with Gasteiger partial charge in [0.2, 0.25) is 0 Å². The number of benzene rings is 3. The first-order valence-electron chi connectivity index (χ1n) is 9.62. The molecule has 1 aromatic heterocycles. The molecular weight excluding hydrogens is 416 g/mol. The topological polar surface area (TPSA) is 159 Å². The highest BCUT2D eigenvalue weighted by Gasteiger charge is 2.35. The van der Waals surface area contributed by atoms with Gasteiger partial charge in [-0.25, -0.2) is 4.79 Å². The monoisotopic (exact) mass is 434 g/mol. The molecule has 0 fully saturated rings. The number of anilines is 2. The molecule has 0 radical (unpaired) electrons. The van der Waals surface area contributed by atoms with Crippen molar-refractivity contribution in [1.82, 2.24) is 9.97 Å². The van der Waals surface area contributed by atoms with Gasteiger partial charge in [0.25, 0.3) is 0 Å². The fourth-order valence-electron chi connectivity index (χ4n) is 3.51. The number of nitro benzene ring substituents is 2. The van der Waals surface area contributed by atoms with Crippen LogP contribution >= 0.6 is 0 Å². The molecule has 0 aliphatic rings. The highest BCUT2D eigenvalue weighted by molar-refractivity contribution is 6.06. The number of aromatic amines is 2. The van der Waals surface area contributed by atoms with E-state index in [1.807, 2.05) is 36.4 Å². The number of nitro groups is 2. The second-order valence-corrected chi connectivity index (χ2v) is 6.97. The van der Waals surface area contributed by atoms with Crippen molar-refractivity contribution >= 4 is 33.8 Å². The molecule has 0 saturated carbocycles. The zero-order chi connectivity index (χ0) is 22.7. The summed E-state index contributed by atoms with van der Waals surface area (Å²) >= 11 is 0. The second-order valence-electron chi connectivity index (χ2n) is 6.97. The maximum Gasteiger partial charge on any atom is 0.325 e. The van der Waals surface area contributed by atoms with E-state index < -0.39 is 26.9 Å². The molecule has 11 heteroatoms. The summed E-state index contributed by atoms with van der Waals surface area (Å²) in [5, 5.41) is 29.8. The summed E-state index contributed by atoms with van der Waals surface area (Å²) in [6.07, 6.45) is 0. The number of rotatable bonds is 8. The Balaban J connectivity index is 1.89. The van der Waals surface area contributed by atoms with Gasteiger partial charge < -0.3 is 15.6 Å². The highest BCUT2D eigenvalue weighted by Crippen LogP contribution is 2.46. The minimum Gasteiger partial charge on any atom is -0.374 e. The third-order valence-electron chi connectivity index (χ3n) is 4.91. The van der Waals surface area contributed by atoms with Crippen LogP contribution in [-0.2, 0) is 13.1 Å². The first-order valence-corrected chi connectivity index (χ1v) is 9.62. The summed E-state index contributed by atoms with van der Waals surface area (Å²) in [5.74, 6) is 0. The molecule has 32 heavy (non-hydrogen) atoms. The van der Waals surface area contributed by atoms with Gasteiger partial charge in [-0.15, -0.1) is 0 Å². The summed E-state index contributed by atoms with van der Waals surface area (Å²) in [5.41, 5.74) is -0.665. The third kappa shape index (κ3) is 3.99. The number of nitrogens with zero attached hydrogens (tertiary/aromatic N) is 2. The lowest BCUT2D eigenvalue weighted by Gasteiger charge is -2.14. The first-order chi connectivity index (χ1) is 15.5. The van der Waals surface area contributed by atoms with Gasteiger partial charge in [0, 0.05) is 13.1 Å². The van der Waals surface area contributed by atoms with Crippen molar-refractivity contribution < 1.29 is 9.85 Å². The Labute approximate surface area is 180 Å². The minimum absolute atomic E-state index is 0.0200. The second kappa shape index (κ2) is 8.60. The quantitative estimate of drug-likeness (QED) is 0.242. The molecule has 1 heterocycles. The van der Waals surface area contributed by atoms with Crippen molar-refractivity contribution in [1.29, 1.82) is 0 Å². The van der Waals surface area contributed by atoms with Crippen molar-refractivity contribution in [3.63, 3.8) is 0 Å². The summed E-state index contributed by atoms with van der Waals surface area (Å²) < 4.78 is 0. The predicted octanol–water partition coefficient (Wildman–Crippen LogP) is 3.90. The SMILES string of the molecule is O=c1[nH]c2c(NCc3ccccc3)c([N+](=O)[O-])c(NCc3ccccc3)c([N+](=O)[O-])c2[nH]1. The van der Waals surface area contributed by atoms with Crippen LogP contribution in [0.4, 0.5) is 22.7 Å². The predicted molar refractivity (Wildman–Crippen MR) is 120 cm³/mol. The Bertz CT molecular complexity index is 1350. The van der Waals surface area contributed by atoms with Crippen LogP contribution in [0.25, 0.3) is 11.0 Å². The normalized spacial score (nSPS) is 10.8. The van der Waals surface area contributed by atoms with Crippen LogP contribution in [0.1, 0.15) is 11.1 Å². The largest absolute Gasteiger partial charge is 0.374 e. The summed E-state index contributed by atoms with van der Waals surface area (Å²) in [4.78, 5) is 39.4. The molecule has 0 atom stereocenters. The van der Waals surface area contributed by atoms with Gasteiger partial charge in [0.1, 0.15) is 16.7 Å². The standard InChI is InChI=1S/C21H18N6O5/c28-21-24-15-16(22-11-13-7-3-1-4-8-13)19(26(29)30)18(20(27(31)32)17(15)25-21)23-12-14-9-5-2-6-10-14/h1-10,22-23H,11-12H2,(H2,24,25,28). The van der Waals surface area contributed by atoms with Crippen LogP contribution in [0, 0.1) is 20.2 Å². The number of fused-ring (bicyclic) bond motifs is 1. The third-order valence-corrected chi connectivity index (χ3v) is 4.91. The molecule has 0 aliphatic carbocycles. The van der Waals surface area contributed by atoms with Gasteiger partial charge >= 0.3 is 17.1 Å². The molecule has 0 aliphatic heterocycles. The number of nitrogens with one attached hydrogen (secondary N) is 4. The average molecular weight is 434 g/mol. The summed E-state index contributed by atoms with van der Waals surface area (Å²) in [6.45, 7) is 0.320.